The summed E-state index contributed by atoms with van der Waals surface area (Å²) in [7, 11) is 0. The van der Waals surface area contributed by atoms with E-state index in [9.17, 15) is 5.11 Å². The molecule has 1 unspecified atom stereocenters. The average Bonchev–Trinajstić information content (AvgIpc) is 3.11. The Bertz CT molecular complexity index is 223. The summed E-state index contributed by atoms with van der Waals surface area (Å²) in [5.74, 6) is 0. The van der Waals surface area contributed by atoms with E-state index in [1.807, 2.05) is 13.8 Å². The number of ether oxygens (including phenoxy) is 1. The minimum Gasteiger partial charge on any atom is -0.389 e. The van der Waals surface area contributed by atoms with E-state index in [0.717, 1.165) is 25.7 Å². The highest BCUT2D eigenvalue weighted by Crippen LogP contribution is 2.27. The summed E-state index contributed by atoms with van der Waals surface area (Å²) in [6.45, 7) is 9.74. The molecule has 0 spiro atoms. The molecule has 1 aliphatic heterocycles. The lowest BCUT2D eigenvalue weighted by atomic mass is 10.2. The fourth-order valence-corrected chi connectivity index (χ4v) is 2.41. The first-order valence-corrected chi connectivity index (χ1v) is 6.91. The van der Waals surface area contributed by atoms with Crippen molar-refractivity contribution in [3.8, 4) is 0 Å². The summed E-state index contributed by atoms with van der Waals surface area (Å²) in [5, 5.41) is 9.86. The number of aliphatic hydroxyl groups excluding tert-OH is 1. The van der Waals surface area contributed by atoms with Crippen LogP contribution in [-0.4, -0.2) is 72.5 Å². The van der Waals surface area contributed by atoms with Crippen LogP contribution >= 0.6 is 0 Å². The lowest BCUT2D eigenvalue weighted by molar-refractivity contribution is -0.0148. The lowest BCUT2D eigenvalue weighted by Crippen LogP contribution is -2.49. The molecule has 0 aromatic carbocycles. The van der Waals surface area contributed by atoms with Crippen molar-refractivity contribution in [2.45, 2.75) is 44.9 Å². The van der Waals surface area contributed by atoms with Crippen molar-refractivity contribution < 1.29 is 9.84 Å². The number of hydrogen-bond donors (Lipinski definition) is 1. The van der Waals surface area contributed by atoms with Gasteiger partial charge in [-0.05, 0) is 26.7 Å². The SMILES string of the molecule is CC(C)OCC(O)CN1CCN(C2CC2)CC1. The molecule has 2 fully saturated rings. The Labute approximate surface area is 105 Å². The molecule has 1 N–H and O–H groups in total. The molecule has 1 aliphatic carbocycles. The highest BCUT2D eigenvalue weighted by molar-refractivity contribution is 4.87. The van der Waals surface area contributed by atoms with Crippen LogP contribution in [0.15, 0.2) is 0 Å². The summed E-state index contributed by atoms with van der Waals surface area (Å²) in [5.41, 5.74) is 0. The Morgan fingerprint density at radius 2 is 1.82 bits per heavy atom. The Kier molecular flexibility index (Phi) is 4.79. The number of β-amino-alcohol motifs (C(OH)–C–C–N with tert-alkyl or cyclic N) is 1. The van der Waals surface area contributed by atoms with Gasteiger partial charge in [-0.3, -0.25) is 9.80 Å². The molecular formula is C13H26N2O2. The van der Waals surface area contributed by atoms with Crippen molar-refractivity contribution in [1.29, 1.82) is 0 Å². The largest absolute Gasteiger partial charge is 0.389 e. The number of rotatable bonds is 6. The van der Waals surface area contributed by atoms with Crippen molar-refractivity contribution in [3.63, 3.8) is 0 Å². The highest BCUT2D eigenvalue weighted by Gasteiger charge is 2.31. The van der Waals surface area contributed by atoms with Gasteiger partial charge in [0, 0.05) is 38.8 Å². The van der Waals surface area contributed by atoms with Gasteiger partial charge in [-0.1, -0.05) is 0 Å². The molecule has 4 heteroatoms. The van der Waals surface area contributed by atoms with Crippen molar-refractivity contribution >= 4 is 0 Å². The Balaban J connectivity index is 1.59. The van der Waals surface area contributed by atoms with E-state index in [0.29, 0.717) is 6.61 Å². The number of nitrogens with zero attached hydrogens (tertiary/aromatic N) is 2. The van der Waals surface area contributed by atoms with Gasteiger partial charge in [-0.15, -0.1) is 0 Å². The van der Waals surface area contributed by atoms with Crippen LogP contribution in [0, 0.1) is 0 Å². The first-order chi connectivity index (χ1) is 8.15. The van der Waals surface area contributed by atoms with Crippen LogP contribution in [0.2, 0.25) is 0 Å². The minimum atomic E-state index is -0.343. The van der Waals surface area contributed by atoms with Gasteiger partial charge in [0.2, 0.25) is 0 Å². The van der Waals surface area contributed by atoms with Crippen molar-refractivity contribution in [2.24, 2.45) is 0 Å². The predicted octanol–water partition coefficient (Wildman–Crippen LogP) is 0.552. The maximum absolute atomic E-state index is 9.86. The molecule has 2 rings (SSSR count). The van der Waals surface area contributed by atoms with Gasteiger partial charge < -0.3 is 9.84 Å². The molecule has 17 heavy (non-hydrogen) atoms. The second-order valence-electron chi connectivity index (χ2n) is 5.60. The fraction of sp³-hybridized carbons (Fsp3) is 1.00. The third-order valence-electron chi connectivity index (χ3n) is 3.56. The minimum absolute atomic E-state index is 0.205. The predicted molar refractivity (Wildman–Crippen MR) is 68.1 cm³/mol. The second kappa shape index (κ2) is 6.14. The summed E-state index contributed by atoms with van der Waals surface area (Å²) < 4.78 is 5.43. The Morgan fingerprint density at radius 1 is 1.18 bits per heavy atom. The molecule has 1 heterocycles. The van der Waals surface area contributed by atoms with E-state index in [4.69, 9.17) is 4.74 Å². The number of piperazine rings is 1. The zero-order chi connectivity index (χ0) is 12.3. The molecule has 4 nitrogen and oxygen atoms in total. The molecule has 1 saturated heterocycles. The van der Waals surface area contributed by atoms with Crippen LogP contribution in [-0.2, 0) is 4.74 Å². The van der Waals surface area contributed by atoms with Gasteiger partial charge in [0.1, 0.15) is 0 Å². The Morgan fingerprint density at radius 3 is 2.35 bits per heavy atom. The van der Waals surface area contributed by atoms with Crippen molar-refractivity contribution in [1.82, 2.24) is 9.80 Å². The van der Waals surface area contributed by atoms with E-state index in [-0.39, 0.29) is 12.2 Å². The second-order valence-corrected chi connectivity index (χ2v) is 5.60. The monoisotopic (exact) mass is 242 g/mol. The first-order valence-electron chi connectivity index (χ1n) is 6.91. The van der Waals surface area contributed by atoms with Gasteiger partial charge in [0.25, 0.3) is 0 Å². The zero-order valence-corrected chi connectivity index (χ0v) is 11.1. The number of aliphatic hydroxyl groups is 1. The van der Waals surface area contributed by atoms with Gasteiger partial charge in [-0.25, -0.2) is 0 Å². The smallest absolute Gasteiger partial charge is 0.0900 e. The highest BCUT2D eigenvalue weighted by atomic mass is 16.5. The van der Waals surface area contributed by atoms with E-state index < -0.39 is 0 Å². The van der Waals surface area contributed by atoms with Crippen molar-refractivity contribution in [2.75, 3.05) is 39.3 Å². The summed E-state index contributed by atoms with van der Waals surface area (Å²) >= 11 is 0. The number of hydrogen-bond acceptors (Lipinski definition) is 4. The molecule has 100 valence electrons. The summed E-state index contributed by atoms with van der Waals surface area (Å²) in [4.78, 5) is 4.95. The van der Waals surface area contributed by atoms with Crippen LogP contribution in [0.3, 0.4) is 0 Å². The van der Waals surface area contributed by atoms with Crippen LogP contribution in [0.4, 0.5) is 0 Å². The van der Waals surface area contributed by atoms with Gasteiger partial charge in [0.15, 0.2) is 0 Å². The van der Waals surface area contributed by atoms with Gasteiger partial charge in [0.05, 0.1) is 18.8 Å². The van der Waals surface area contributed by atoms with Crippen molar-refractivity contribution in [3.05, 3.63) is 0 Å². The quantitative estimate of drug-likeness (QED) is 0.738. The van der Waals surface area contributed by atoms with Crippen LogP contribution in [0.5, 0.6) is 0 Å². The van der Waals surface area contributed by atoms with Crippen LogP contribution < -0.4 is 0 Å². The Hall–Kier alpha value is -0.160. The maximum Gasteiger partial charge on any atom is 0.0900 e. The van der Waals surface area contributed by atoms with Gasteiger partial charge in [-0.2, -0.15) is 0 Å². The third-order valence-corrected chi connectivity index (χ3v) is 3.56. The molecule has 0 aromatic heterocycles. The third kappa shape index (κ3) is 4.54. The topological polar surface area (TPSA) is 35.9 Å². The van der Waals surface area contributed by atoms with Crippen LogP contribution in [0.25, 0.3) is 0 Å². The maximum atomic E-state index is 9.86. The molecule has 0 bridgehead atoms. The summed E-state index contributed by atoms with van der Waals surface area (Å²) in [6.07, 6.45) is 2.65. The van der Waals surface area contributed by atoms with E-state index >= 15 is 0 Å². The molecule has 2 aliphatic rings. The summed E-state index contributed by atoms with van der Waals surface area (Å²) in [6, 6.07) is 0.881. The van der Waals surface area contributed by atoms with Gasteiger partial charge >= 0.3 is 0 Å². The van der Waals surface area contributed by atoms with E-state index in [2.05, 4.69) is 9.80 Å². The molecule has 0 radical (unpaired) electrons. The van der Waals surface area contributed by atoms with E-state index in [1.165, 1.54) is 25.9 Å². The van der Waals surface area contributed by atoms with E-state index in [1.54, 1.807) is 0 Å². The average molecular weight is 242 g/mol. The molecule has 1 atom stereocenters. The first kappa shape index (κ1) is 13.3. The molecule has 0 aromatic rings. The molecular weight excluding hydrogens is 216 g/mol. The standard InChI is InChI=1S/C13H26N2O2/c1-11(2)17-10-13(16)9-14-5-7-15(8-6-14)12-3-4-12/h11-13,16H,3-10H2,1-2H3. The molecule has 1 saturated carbocycles. The van der Waals surface area contributed by atoms with Crippen LogP contribution in [0.1, 0.15) is 26.7 Å². The normalized spacial score (nSPS) is 25.4. The zero-order valence-electron chi connectivity index (χ0n) is 11.1. The molecule has 0 amide bonds. The fourth-order valence-electron chi connectivity index (χ4n) is 2.41. The lowest BCUT2D eigenvalue weighted by Gasteiger charge is -2.35.